The third-order valence-corrected chi connectivity index (χ3v) is 3.29. The summed E-state index contributed by atoms with van der Waals surface area (Å²) >= 11 is 0. The zero-order chi connectivity index (χ0) is 17.3. The number of nitrogens with two attached hydrogens (primary N) is 2. The lowest BCUT2D eigenvalue weighted by Gasteiger charge is -2.22. The molecule has 0 aromatic heterocycles. The van der Waals surface area contributed by atoms with Crippen molar-refractivity contribution in [2.24, 2.45) is 17.4 Å². The van der Waals surface area contributed by atoms with Gasteiger partial charge in [-0.15, -0.1) is 0 Å². The van der Waals surface area contributed by atoms with Crippen molar-refractivity contribution in [1.82, 2.24) is 10.6 Å². The normalized spacial score (nSPS) is 15.0. The highest BCUT2D eigenvalue weighted by molar-refractivity contribution is 5.91. The lowest BCUT2D eigenvalue weighted by Crippen LogP contribution is -2.54. The van der Waals surface area contributed by atoms with Crippen molar-refractivity contribution < 1.29 is 19.5 Å². The Bertz CT molecular complexity index is 387. The lowest BCUT2D eigenvalue weighted by atomic mass is 10.0. The molecule has 3 atom stereocenters. The van der Waals surface area contributed by atoms with Crippen LogP contribution in [-0.2, 0) is 14.4 Å². The van der Waals surface area contributed by atoms with Gasteiger partial charge < -0.3 is 27.2 Å². The van der Waals surface area contributed by atoms with Crippen LogP contribution in [0, 0.1) is 5.92 Å². The highest BCUT2D eigenvalue weighted by Gasteiger charge is 2.27. The predicted molar refractivity (Wildman–Crippen MR) is 82.9 cm³/mol. The first-order valence-electron chi connectivity index (χ1n) is 7.49. The molecule has 8 heteroatoms. The van der Waals surface area contributed by atoms with Crippen molar-refractivity contribution in [3.05, 3.63) is 0 Å². The zero-order valence-electron chi connectivity index (χ0n) is 13.5. The number of nitrogens with one attached hydrogen (secondary N) is 2. The minimum Gasteiger partial charge on any atom is -0.480 e. The van der Waals surface area contributed by atoms with Crippen molar-refractivity contribution in [1.29, 1.82) is 0 Å². The number of amides is 2. The second-order valence-electron chi connectivity index (χ2n) is 5.69. The van der Waals surface area contributed by atoms with Crippen molar-refractivity contribution in [2.75, 3.05) is 6.54 Å². The van der Waals surface area contributed by atoms with Gasteiger partial charge in [-0.1, -0.05) is 20.3 Å². The van der Waals surface area contributed by atoms with Crippen LogP contribution in [0.2, 0.25) is 0 Å². The number of rotatable bonds is 10. The van der Waals surface area contributed by atoms with Crippen LogP contribution in [0.4, 0.5) is 0 Å². The maximum atomic E-state index is 11.9. The van der Waals surface area contributed by atoms with Gasteiger partial charge in [0, 0.05) is 0 Å². The molecule has 0 heterocycles. The van der Waals surface area contributed by atoms with Crippen LogP contribution in [0.15, 0.2) is 0 Å². The first-order valence-corrected chi connectivity index (χ1v) is 7.49. The molecule has 7 N–H and O–H groups in total. The second kappa shape index (κ2) is 10.1. The first-order chi connectivity index (χ1) is 10.2. The van der Waals surface area contributed by atoms with E-state index < -0.39 is 35.9 Å². The predicted octanol–water partition coefficient (Wildman–Crippen LogP) is -0.827. The van der Waals surface area contributed by atoms with E-state index in [-0.39, 0.29) is 5.92 Å². The molecule has 0 radical (unpaired) electrons. The van der Waals surface area contributed by atoms with Gasteiger partial charge >= 0.3 is 5.97 Å². The molecule has 0 aliphatic heterocycles. The van der Waals surface area contributed by atoms with Crippen LogP contribution in [0.25, 0.3) is 0 Å². The minimum atomic E-state index is -1.11. The van der Waals surface area contributed by atoms with Crippen LogP contribution in [0.1, 0.15) is 40.0 Å². The lowest BCUT2D eigenvalue weighted by molar-refractivity contribution is -0.143. The Morgan fingerprint density at radius 2 is 1.64 bits per heavy atom. The van der Waals surface area contributed by atoms with Gasteiger partial charge in [0.05, 0.1) is 6.04 Å². The van der Waals surface area contributed by atoms with E-state index in [1.807, 2.05) is 0 Å². The van der Waals surface area contributed by atoms with Crippen molar-refractivity contribution in [2.45, 2.75) is 58.2 Å². The Labute approximate surface area is 131 Å². The van der Waals surface area contributed by atoms with E-state index in [0.29, 0.717) is 13.0 Å². The van der Waals surface area contributed by atoms with Crippen LogP contribution >= 0.6 is 0 Å². The number of hydrogen-bond acceptors (Lipinski definition) is 5. The Morgan fingerprint density at radius 3 is 2.09 bits per heavy atom. The fourth-order valence-corrected chi connectivity index (χ4v) is 1.82. The summed E-state index contributed by atoms with van der Waals surface area (Å²) in [6, 6.07) is -2.55. The minimum absolute atomic E-state index is 0.261. The SMILES string of the molecule is CC(C)[C@H](NC(=O)[C@H](C)NC(=O)[C@@H](N)CCCCN)C(=O)O. The summed E-state index contributed by atoms with van der Waals surface area (Å²) in [6.07, 6.45) is 2.01. The number of unbranched alkanes of at least 4 members (excludes halogenated alkanes) is 1. The molecule has 0 unspecified atom stereocenters. The maximum absolute atomic E-state index is 11.9. The molecule has 0 spiro atoms. The second-order valence-corrected chi connectivity index (χ2v) is 5.69. The Kier molecular flexibility index (Phi) is 9.35. The molecule has 8 nitrogen and oxygen atoms in total. The molecule has 0 saturated heterocycles. The number of carboxylic acid groups (broad SMARTS) is 1. The van der Waals surface area contributed by atoms with E-state index in [0.717, 1.165) is 12.8 Å². The molecule has 128 valence electrons. The standard InChI is InChI=1S/C14H28N4O4/c1-8(2)11(14(21)22)18-12(19)9(3)17-13(20)10(16)6-4-5-7-15/h8-11H,4-7,15-16H2,1-3H3,(H,17,20)(H,18,19)(H,21,22)/t9-,10-,11-/m0/s1. The fourth-order valence-electron chi connectivity index (χ4n) is 1.82. The molecule has 0 saturated carbocycles. The molecular weight excluding hydrogens is 288 g/mol. The van der Waals surface area contributed by atoms with E-state index in [1.54, 1.807) is 13.8 Å². The quantitative estimate of drug-likeness (QED) is 0.332. The van der Waals surface area contributed by atoms with Gasteiger partial charge in [-0.25, -0.2) is 4.79 Å². The van der Waals surface area contributed by atoms with Gasteiger partial charge in [-0.2, -0.15) is 0 Å². The Morgan fingerprint density at radius 1 is 1.05 bits per heavy atom. The molecular formula is C14H28N4O4. The molecule has 22 heavy (non-hydrogen) atoms. The molecule has 0 rings (SSSR count). The monoisotopic (exact) mass is 316 g/mol. The van der Waals surface area contributed by atoms with Gasteiger partial charge in [0.25, 0.3) is 0 Å². The van der Waals surface area contributed by atoms with E-state index in [4.69, 9.17) is 16.6 Å². The first kappa shape index (κ1) is 20.3. The summed E-state index contributed by atoms with van der Waals surface area (Å²) in [5.41, 5.74) is 11.1. The molecule has 0 aromatic rings. The Balaban J connectivity index is 4.39. The highest BCUT2D eigenvalue weighted by atomic mass is 16.4. The van der Waals surface area contributed by atoms with Gasteiger partial charge in [-0.3, -0.25) is 9.59 Å². The number of aliphatic carboxylic acids is 1. The average molecular weight is 316 g/mol. The van der Waals surface area contributed by atoms with Crippen LogP contribution in [0.3, 0.4) is 0 Å². The van der Waals surface area contributed by atoms with E-state index in [1.165, 1.54) is 6.92 Å². The smallest absolute Gasteiger partial charge is 0.326 e. The van der Waals surface area contributed by atoms with Crippen LogP contribution < -0.4 is 22.1 Å². The Hall–Kier alpha value is -1.67. The summed E-state index contributed by atoms with van der Waals surface area (Å²) in [5, 5.41) is 13.9. The van der Waals surface area contributed by atoms with Crippen LogP contribution in [0.5, 0.6) is 0 Å². The van der Waals surface area contributed by atoms with E-state index >= 15 is 0 Å². The summed E-state index contributed by atoms with van der Waals surface area (Å²) in [7, 11) is 0. The van der Waals surface area contributed by atoms with Crippen molar-refractivity contribution in [3.8, 4) is 0 Å². The van der Waals surface area contributed by atoms with E-state index in [9.17, 15) is 14.4 Å². The fraction of sp³-hybridized carbons (Fsp3) is 0.786. The third-order valence-electron chi connectivity index (χ3n) is 3.29. The maximum Gasteiger partial charge on any atom is 0.326 e. The molecule has 2 amide bonds. The zero-order valence-corrected chi connectivity index (χ0v) is 13.5. The molecule has 0 aliphatic rings. The van der Waals surface area contributed by atoms with Gasteiger partial charge in [0.15, 0.2) is 0 Å². The summed E-state index contributed by atoms with van der Waals surface area (Å²) in [4.78, 5) is 34.8. The number of carbonyl (C=O) groups is 3. The summed E-state index contributed by atoms with van der Waals surface area (Å²) < 4.78 is 0. The molecule has 0 aromatic carbocycles. The van der Waals surface area contributed by atoms with E-state index in [2.05, 4.69) is 10.6 Å². The average Bonchev–Trinajstić information content (AvgIpc) is 2.43. The largest absolute Gasteiger partial charge is 0.480 e. The number of hydrogen-bond donors (Lipinski definition) is 5. The van der Waals surface area contributed by atoms with Gasteiger partial charge in [0.1, 0.15) is 12.1 Å². The molecule has 0 bridgehead atoms. The summed E-state index contributed by atoms with van der Waals surface area (Å²) in [6.45, 7) is 5.41. The topological polar surface area (TPSA) is 148 Å². The number of carboxylic acids is 1. The molecule has 0 fully saturated rings. The molecule has 0 aliphatic carbocycles. The van der Waals surface area contributed by atoms with Gasteiger partial charge in [0.2, 0.25) is 11.8 Å². The van der Waals surface area contributed by atoms with Gasteiger partial charge in [-0.05, 0) is 32.2 Å². The summed E-state index contributed by atoms with van der Waals surface area (Å²) in [5.74, 6) is -2.36. The third kappa shape index (κ3) is 7.37. The number of carbonyl (C=O) groups excluding carboxylic acids is 2. The van der Waals surface area contributed by atoms with Crippen LogP contribution in [-0.4, -0.2) is 47.6 Å². The van der Waals surface area contributed by atoms with Crippen molar-refractivity contribution in [3.63, 3.8) is 0 Å². The van der Waals surface area contributed by atoms with Crippen molar-refractivity contribution >= 4 is 17.8 Å². The highest BCUT2D eigenvalue weighted by Crippen LogP contribution is 2.03.